The van der Waals surface area contributed by atoms with Crippen molar-refractivity contribution in [2.45, 2.75) is 25.7 Å². The summed E-state index contributed by atoms with van der Waals surface area (Å²) in [6.45, 7) is 2.44. The second-order valence-corrected chi connectivity index (χ2v) is 5.92. The van der Waals surface area contributed by atoms with Gasteiger partial charge in [-0.15, -0.1) is 0 Å². The lowest BCUT2D eigenvalue weighted by Crippen LogP contribution is -2.35. The molecule has 1 amide bonds. The van der Waals surface area contributed by atoms with Crippen LogP contribution in [0.2, 0.25) is 0 Å². The van der Waals surface area contributed by atoms with Crippen LogP contribution in [0.15, 0.2) is 18.2 Å². The van der Waals surface area contributed by atoms with Gasteiger partial charge in [0, 0.05) is 32.6 Å². The largest absolute Gasteiger partial charge is 0.397 e. The summed E-state index contributed by atoms with van der Waals surface area (Å²) in [6, 6.07) is 6.02. The van der Waals surface area contributed by atoms with Gasteiger partial charge in [0.2, 0.25) is 5.91 Å². The Morgan fingerprint density at radius 2 is 1.83 bits per heavy atom. The molecule has 6 nitrogen and oxygen atoms in total. The first kappa shape index (κ1) is 17.6. The van der Waals surface area contributed by atoms with Crippen LogP contribution in [0.5, 0.6) is 0 Å². The van der Waals surface area contributed by atoms with Crippen molar-refractivity contribution >= 4 is 17.3 Å². The van der Waals surface area contributed by atoms with Crippen LogP contribution < -0.4 is 10.6 Å². The number of carbonyl (C=O) groups excluding carboxylic acids is 1. The molecule has 128 valence electrons. The predicted molar refractivity (Wildman–Crippen MR) is 91.4 cm³/mol. The Bertz CT molecular complexity index is 510. The van der Waals surface area contributed by atoms with Crippen LogP contribution in [-0.4, -0.2) is 60.4 Å². The number of nitrogen functional groups attached to an aromatic ring is 1. The summed E-state index contributed by atoms with van der Waals surface area (Å²) >= 11 is 0. The van der Waals surface area contributed by atoms with Crippen LogP contribution in [-0.2, 0) is 11.2 Å². The number of hydrogen-bond donors (Lipinski definition) is 3. The molecule has 0 radical (unpaired) electrons. The molecule has 6 heteroatoms. The lowest BCUT2D eigenvalue weighted by molar-refractivity contribution is -0.132. The van der Waals surface area contributed by atoms with E-state index in [1.165, 1.54) is 17.7 Å². The first-order valence-corrected chi connectivity index (χ1v) is 8.28. The first-order valence-electron chi connectivity index (χ1n) is 8.28. The van der Waals surface area contributed by atoms with Crippen LogP contribution in [0, 0.1) is 0 Å². The van der Waals surface area contributed by atoms with Crippen molar-refractivity contribution in [3.8, 4) is 0 Å². The topological polar surface area (TPSA) is 90.0 Å². The standard InChI is InChI=1S/C17H27N3O3/c18-15-13-14(3-5-16(15)19-7-1-2-8-19)4-6-17(23)20(9-11-21)10-12-22/h3,5,13,21-22H,1-2,4,6-12,18H2. The van der Waals surface area contributed by atoms with Gasteiger partial charge in [-0.05, 0) is 37.0 Å². The molecular weight excluding hydrogens is 294 g/mol. The van der Waals surface area contributed by atoms with Crippen molar-refractivity contribution in [2.75, 3.05) is 50.0 Å². The second-order valence-electron chi connectivity index (χ2n) is 5.92. The Morgan fingerprint density at radius 3 is 2.39 bits per heavy atom. The van der Waals surface area contributed by atoms with E-state index in [0.717, 1.165) is 30.0 Å². The zero-order valence-corrected chi connectivity index (χ0v) is 13.6. The van der Waals surface area contributed by atoms with Gasteiger partial charge in [-0.2, -0.15) is 0 Å². The molecule has 0 aliphatic carbocycles. The number of aryl methyl sites for hydroxylation is 1. The number of anilines is 2. The number of aliphatic hydroxyl groups is 2. The predicted octanol–water partition coefficient (Wildman–Crippen LogP) is 0.615. The van der Waals surface area contributed by atoms with Gasteiger partial charge >= 0.3 is 0 Å². The number of nitrogens with zero attached hydrogens (tertiary/aromatic N) is 2. The van der Waals surface area contributed by atoms with Crippen LogP contribution in [0.4, 0.5) is 11.4 Å². The Hall–Kier alpha value is -1.79. The third-order valence-electron chi connectivity index (χ3n) is 4.26. The van der Waals surface area contributed by atoms with Crippen LogP contribution in [0.3, 0.4) is 0 Å². The second kappa shape index (κ2) is 8.74. The lowest BCUT2D eigenvalue weighted by Gasteiger charge is -2.21. The van der Waals surface area contributed by atoms with Gasteiger partial charge in [0.25, 0.3) is 0 Å². The van der Waals surface area contributed by atoms with Gasteiger partial charge < -0.3 is 25.7 Å². The molecule has 0 saturated carbocycles. The summed E-state index contributed by atoms with van der Waals surface area (Å²) in [5.74, 6) is -0.0599. The molecule has 1 aliphatic heterocycles. The molecule has 1 aromatic carbocycles. The molecular formula is C17H27N3O3. The maximum absolute atomic E-state index is 12.1. The van der Waals surface area contributed by atoms with Gasteiger partial charge in [-0.1, -0.05) is 6.07 Å². The van der Waals surface area contributed by atoms with E-state index in [-0.39, 0.29) is 32.2 Å². The highest BCUT2D eigenvalue weighted by Crippen LogP contribution is 2.27. The molecule has 0 aromatic heterocycles. The minimum atomic E-state index is -0.0940. The van der Waals surface area contributed by atoms with E-state index in [1.807, 2.05) is 18.2 Å². The molecule has 1 aromatic rings. The molecule has 0 atom stereocenters. The van der Waals surface area contributed by atoms with E-state index in [9.17, 15) is 4.79 Å². The molecule has 2 rings (SSSR count). The number of benzene rings is 1. The fraction of sp³-hybridized carbons (Fsp3) is 0.588. The van der Waals surface area contributed by atoms with Gasteiger partial charge in [-0.3, -0.25) is 4.79 Å². The Balaban J connectivity index is 1.92. The Kier molecular flexibility index (Phi) is 6.67. The lowest BCUT2D eigenvalue weighted by atomic mass is 10.1. The molecule has 23 heavy (non-hydrogen) atoms. The van der Waals surface area contributed by atoms with E-state index in [2.05, 4.69) is 4.90 Å². The van der Waals surface area contributed by atoms with Gasteiger partial charge in [0.05, 0.1) is 24.6 Å². The van der Waals surface area contributed by atoms with Crippen molar-refractivity contribution in [3.63, 3.8) is 0 Å². The zero-order valence-electron chi connectivity index (χ0n) is 13.6. The third kappa shape index (κ3) is 4.84. The summed E-state index contributed by atoms with van der Waals surface area (Å²) in [5, 5.41) is 17.9. The van der Waals surface area contributed by atoms with E-state index in [4.69, 9.17) is 15.9 Å². The van der Waals surface area contributed by atoms with Crippen LogP contribution in [0.1, 0.15) is 24.8 Å². The number of aliphatic hydroxyl groups excluding tert-OH is 2. The third-order valence-corrected chi connectivity index (χ3v) is 4.26. The van der Waals surface area contributed by atoms with Crippen molar-refractivity contribution < 1.29 is 15.0 Å². The highest BCUT2D eigenvalue weighted by molar-refractivity contribution is 5.76. The van der Waals surface area contributed by atoms with E-state index < -0.39 is 0 Å². The van der Waals surface area contributed by atoms with Crippen LogP contribution >= 0.6 is 0 Å². The van der Waals surface area contributed by atoms with Gasteiger partial charge in [0.1, 0.15) is 0 Å². The highest BCUT2D eigenvalue weighted by atomic mass is 16.3. The first-order chi connectivity index (χ1) is 11.2. The summed E-state index contributed by atoms with van der Waals surface area (Å²) in [5.41, 5.74) is 9.04. The Labute approximate surface area is 137 Å². The maximum atomic E-state index is 12.1. The minimum Gasteiger partial charge on any atom is -0.397 e. The minimum absolute atomic E-state index is 0.0599. The fourth-order valence-electron chi connectivity index (χ4n) is 3.02. The SMILES string of the molecule is Nc1cc(CCC(=O)N(CCO)CCO)ccc1N1CCCC1. The summed E-state index contributed by atoms with van der Waals surface area (Å²) in [6.07, 6.45) is 3.38. The molecule has 1 aliphatic rings. The molecule has 0 bridgehead atoms. The zero-order chi connectivity index (χ0) is 16.7. The molecule has 1 saturated heterocycles. The molecule has 4 N–H and O–H groups in total. The van der Waals surface area contributed by atoms with Crippen molar-refractivity contribution in [1.29, 1.82) is 0 Å². The average Bonchev–Trinajstić information content (AvgIpc) is 3.06. The summed E-state index contributed by atoms with van der Waals surface area (Å²) in [4.78, 5) is 15.9. The van der Waals surface area contributed by atoms with Crippen LogP contribution in [0.25, 0.3) is 0 Å². The van der Waals surface area contributed by atoms with E-state index in [0.29, 0.717) is 12.8 Å². The number of nitrogens with two attached hydrogens (primary N) is 1. The monoisotopic (exact) mass is 321 g/mol. The van der Waals surface area contributed by atoms with Gasteiger partial charge in [0.15, 0.2) is 0 Å². The molecule has 1 fully saturated rings. The smallest absolute Gasteiger partial charge is 0.223 e. The van der Waals surface area contributed by atoms with E-state index >= 15 is 0 Å². The molecule has 0 unspecified atom stereocenters. The molecule has 1 heterocycles. The van der Waals surface area contributed by atoms with Crippen molar-refractivity contribution in [1.82, 2.24) is 4.90 Å². The summed E-state index contributed by atoms with van der Waals surface area (Å²) in [7, 11) is 0. The average molecular weight is 321 g/mol. The number of amides is 1. The number of carbonyl (C=O) groups is 1. The van der Waals surface area contributed by atoms with Crippen molar-refractivity contribution in [2.24, 2.45) is 0 Å². The normalized spacial score (nSPS) is 14.3. The highest BCUT2D eigenvalue weighted by Gasteiger charge is 2.16. The number of hydrogen-bond acceptors (Lipinski definition) is 5. The Morgan fingerprint density at radius 1 is 1.17 bits per heavy atom. The summed E-state index contributed by atoms with van der Waals surface area (Å²) < 4.78 is 0. The number of rotatable bonds is 8. The molecule has 0 spiro atoms. The fourth-order valence-corrected chi connectivity index (χ4v) is 3.02. The quantitative estimate of drug-likeness (QED) is 0.611. The van der Waals surface area contributed by atoms with Gasteiger partial charge in [-0.25, -0.2) is 0 Å². The maximum Gasteiger partial charge on any atom is 0.223 e. The van der Waals surface area contributed by atoms with Crippen molar-refractivity contribution in [3.05, 3.63) is 23.8 Å². The van der Waals surface area contributed by atoms with E-state index in [1.54, 1.807) is 0 Å².